The molecule has 0 amide bonds. The van der Waals surface area contributed by atoms with E-state index < -0.39 is 5.41 Å². The summed E-state index contributed by atoms with van der Waals surface area (Å²) in [5, 5.41) is 0. The van der Waals surface area contributed by atoms with Crippen LogP contribution >= 0.6 is 0 Å². The van der Waals surface area contributed by atoms with E-state index >= 15 is 0 Å². The SMILES string of the molecule is CC(C)C(=O)C(c1ccccc1)(c1ccccc1)C(C)CN(C)C. The summed E-state index contributed by atoms with van der Waals surface area (Å²) in [6, 6.07) is 20.5. The van der Waals surface area contributed by atoms with Crippen molar-refractivity contribution in [3.8, 4) is 0 Å². The van der Waals surface area contributed by atoms with Gasteiger partial charge in [0.2, 0.25) is 0 Å². The van der Waals surface area contributed by atoms with Gasteiger partial charge in [-0.15, -0.1) is 0 Å². The monoisotopic (exact) mass is 323 g/mol. The Bertz CT molecular complexity index is 607. The van der Waals surface area contributed by atoms with Crippen LogP contribution in [0.2, 0.25) is 0 Å². The molecule has 2 nitrogen and oxygen atoms in total. The zero-order valence-electron chi connectivity index (χ0n) is 15.5. The summed E-state index contributed by atoms with van der Waals surface area (Å²) < 4.78 is 0. The Balaban J connectivity index is 2.75. The van der Waals surface area contributed by atoms with Crippen LogP contribution in [0, 0.1) is 11.8 Å². The zero-order valence-corrected chi connectivity index (χ0v) is 15.5. The number of benzene rings is 2. The van der Waals surface area contributed by atoms with Crippen LogP contribution in [0.5, 0.6) is 0 Å². The zero-order chi connectivity index (χ0) is 17.7. The van der Waals surface area contributed by atoms with Crippen LogP contribution in [0.25, 0.3) is 0 Å². The van der Waals surface area contributed by atoms with Crippen molar-refractivity contribution >= 4 is 5.78 Å². The molecule has 0 radical (unpaired) electrons. The van der Waals surface area contributed by atoms with Crippen molar-refractivity contribution in [2.75, 3.05) is 20.6 Å². The van der Waals surface area contributed by atoms with Gasteiger partial charge in [-0.05, 0) is 31.1 Å². The second kappa shape index (κ2) is 7.76. The first-order valence-electron chi connectivity index (χ1n) is 8.70. The quantitative estimate of drug-likeness (QED) is 0.753. The minimum absolute atomic E-state index is 0.0324. The van der Waals surface area contributed by atoms with E-state index in [0.29, 0.717) is 0 Å². The lowest BCUT2D eigenvalue weighted by Gasteiger charge is -2.41. The fourth-order valence-corrected chi connectivity index (χ4v) is 3.81. The van der Waals surface area contributed by atoms with Gasteiger partial charge in [-0.2, -0.15) is 0 Å². The molecule has 1 atom stereocenters. The smallest absolute Gasteiger partial charge is 0.150 e. The fourth-order valence-electron chi connectivity index (χ4n) is 3.81. The predicted octanol–water partition coefficient (Wildman–Crippen LogP) is 4.40. The molecule has 0 aliphatic heterocycles. The lowest BCUT2D eigenvalue weighted by atomic mass is 9.61. The molecule has 0 spiro atoms. The maximum atomic E-state index is 13.6. The van der Waals surface area contributed by atoms with Gasteiger partial charge in [-0.1, -0.05) is 81.4 Å². The topological polar surface area (TPSA) is 20.3 Å². The van der Waals surface area contributed by atoms with E-state index in [9.17, 15) is 4.79 Å². The third-order valence-corrected chi connectivity index (χ3v) is 4.75. The van der Waals surface area contributed by atoms with Crippen LogP contribution in [-0.4, -0.2) is 31.3 Å². The van der Waals surface area contributed by atoms with Crippen molar-refractivity contribution in [3.05, 3.63) is 71.8 Å². The van der Waals surface area contributed by atoms with Gasteiger partial charge in [-0.25, -0.2) is 0 Å². The van der Waals surface area contributed by atoms with Gasteiger partial charge < -0.3 is 4.90 Å². The van der Waals surface area contributed by atoms with Crippen LogP contribution in [-0.2, 0) is 10.2 Å². The molecular formula is C22H29NO. The van der Waals surface area contributed by atoms with Gasteiger partial charge in [0.15, 0.2) is 5.78 Å². The highest BCUT2D eigenvalue weighted by Gasteiger charge is 2.46. The molecule has 0 aliphatic rings. The van der Waals surface area contributed by atoms with E-state index in [2.05, 4.69) is 50.2 Å². The summed E-state index contributed by atoms with van der Waals surface area (Å²) in [6.45, 7) is 7.05. The summed E-state index contributed by atoms with van der Waals surface area (Å²) in [7, 11) is 4.13. The highest BCUT2D eigenvalue weighted by molar-refractivity contribution is 5.95. The van der Waals surface area contributed by atoms with E-state index in [1.165, 1.54) is 0 Å². The molecule has 24 heavy (non-hydrogen) atoms. The Hall–Kier alpha value is -1.93. The van der Waals surface area contributed by atoms with Crippen LogP contribution in [0.1, 0.15) is 31.9 Å². The van der Waals surface area contributed by atoms with Gasteiger partial charge in [0.25, 0.3) is 0 Å². The first-order valence-corrected chi connectivity index (χ1v) is 8.70. The average molecular weight is 323 g/mol. The van der Waals surface area contributed by atoms with Crippen molar-refractivity contribution in [1.82, 2.24) is 4.90 Å². The third kappa shape index (κ3) is 3.44. The third-order valence-electron chi connectivity index (χ3n) is 4.75. The van der Waals surface area contributed by atoms with Crippen molar-refractivity contribution in [3.63, 3.8) is 0 Å². The van der Waals surface area contributed by atoms with Crippen LogP contribution in [0.15, 0.2) is 60.7 Å². The van der Waals surface area contributed by atoms with E-state index in [0.717, 1.165) is 17.7 Å². The number of nitrogens with zero attached hydrogens (tertiary/aromatic N) is 1. The lowest BCUT2D eigenvalue weighted by molar-refractivity contribution is -0.128. The number of carbonyl (C=O) groups excluding carboxylic acids is 1. The maximum absolute atomic E-state index is 13.6. The molecule has 2 heteroatoms. The van der Waals surface area contributed by atoms with Crippen molar-refractivity contribution in [1.29, 1.82) is 0 Å². The fraction of sp³-hybridized carbons (Fsp3) is 0.409. The Morgan fingerprint density at radius 2 is 1.29 bits per heavy atom. The predicted molar refractivity (Wildman–Crippen MR) is 101 cm³/mol. The highest BCUT2D eigenvalue weighted by atomic mass is 16.1. The number of hydrogen-bond donors (Lipinski definition) is 0. The van der Waals surface area contributed by atoms with Crippen molar-refractivity contribution in [2.24, 2.45) is 11.8 Å². The van der Waals surface area contributed by atoms with E-state index in [1.54, 1.807) is 0 Å². The number of Topliss-reactive ketones (excluding diaryl/α,β-unsaturated/α-hetero) is 1. The molecule has 0 aliphatic carbocycles. The summed E-state index contributed by atoms with van der Waals surface area (Å²) in [6.07, 6.45) is 0. The first kappa shape index (κ1) is 18.4. The molecule has 0 N–H and O–H groups in total. The molecule has 2 aromatic rings. The molecule has 0 fully saturated rings. The molecule has 2 rings (SSSR count). The molecule has 0 saturated heterocycles. The molecule has 0 bridgehead atoms. The molecule has 0 heterocycles. The Morgan fingerprint density at radius 1 is 0.875 bits per heavy atom. The highest BCUT2D eigenvalue weighted by Crippen LogP contribution is 2.42. The van der Waals surface area contributed by atoms with Crippen molar-refractivity contribution in [2.45, 2.75) is 26.2 Å². The van der Waals surface area contributed by atoms with Crippen LogP contribution in [0.3, 0.4) is 0 Å². The second-order valence-electron chi connectivity index (χ2n) is 7.22. The molecule has 128 valence electrons. The van der Waals surface area contributed by atoms with Crippen LogP contribution < -0.4 is 0 Å². The van der Waals surface area contributed by atoms with E-state index in [1.807, 2.05) is 50.2 Å². The molecule has 0 aromatic heterocycles. The van der Waals surface area contributed by atoms with Gasteiger partial charge in [0.1, 0.15) is 0 Å². The molecular weight excluding hydrogens is 294 g/mol. The summed E-state index contributed by atoms with van der Waals surface area (Å²) in [5.41, 5.74) is 1.55. The number of carbonyl (C=O) groups is 1. The maximum Gasteiger partial charge on any atom is 0.150 e. The first-order chi connectivity index (χ1) is 11.4. The van der Waals surface area contributed by atoms with E-state index in [-0.39, 0.29) is 17.6 Å². The normalized spacial score (nSPS) is 13.3. The standard InChI is InChI=1S/C22H29NO/c1-17(2)21(24)22(18(3)16-23(4)5,19-12-8-6-9-13-19)20-14-10-7-11-15-20/h6-15,17-18H,16H2,1-5H3. The number of ketones is 1. The number of hydrogen-bond acceptors (Lipinski definition) is 2. The Labute approximate surface area is 146 Å². The Kier molecular flexibility index (Phi) is 5.95. The molecule has 0 saturated carbocycles. The van der Waals surface area contributed by atoms with Crippen LogP contribution in [0.4, 0.5) is 0 Å². The summed E-state index contributed by atoms with van der Waals surface area (Å²) in [5.74, 6) is 0.413. The molecule has 1 unspecified atom stereocenters. The van der Waals surface area contributed by atoms with E-state index in [4.69, 9.17) is 0 Å². The largest absolute Gasteiger partial charge is 0.309 e. The van der Waals surface area contributed by atoms with Gasteiger partial charge in [0, 0.05) is 12.5 Å². The summed E-state index contributed by atoms with van der Waals surface area (Å²) in [4.78, 5) is 15.7. The van der Waals surface area contributed by atoms with Gasteiger partial charge in [-0.3, -0.25) is 4.79 Å². The summed E-state index contributed by atoms with van der Waals surface area (Å²) >= 11 is 0. The Morgan fingerprint density at radius 3 is 1.62 bits per heavy atom. The van der Waals surface area contributed by atoms with Gasteiger partial charge >= 0.3 is 0 Å². The number of rotatable bonds is 7. The van der Waals surface area contributed by atoms with Gasteiger partial charge in [0.05, 0.1) is 5.41 Å². The minimum Gasteiger partial charge on any atom is -0.309 e. The minimum atomic E-state index is -0.624. The lowest BCUT2D eigenvalue weighted by Crippen LogP contribution is -2.48. The second-order valence-corrected chi connectivity index (χ2v) is 7.22. The van der Waals surface area contributed by atoms with Crippen molar-refractivity contribution < 1.29 is 4.79 Å². The average Bonchev–Trinajstić information content (AvgIpc) is 2.56. The molecule has 2 aromatic carbocycles.